The van der Waals surface area contributed by atoms with Crippen LogP contribution >= 0.6 is 0 Å². The summed E-state index contributed by atoms with van der Waals surface area (Å²) in [6.45, 7) is 8.31. The van der Waals surface area contributed by atoms with E-state index in [-0.39, 0.29) is 16.8 Å². The molecule has 1 aromatic carbocycles. The fourth-order valence-corrected chi connectivity index (χ4v) is 2.24. The molecule has 0 fully saturated rings. The van der Waals surface area contributed by atoms with Gasteiger partial charge in [-0.2, -0.15) is 13.2 Å². The van der Waals surface area contributed by atoms with Crippen molar-refractivity contribution in [2.24, 2.45) is 5.41 Å². The van der Waals surface area contributed by atoms with Gasteiger partial charge in [-0.3, -0.25) is 0 Å². The van der Waals surface area contributed by atoms with Crippen molar-refractivity contribution in [3.8, 4) is 0 Å². The molecule has 0 radical (unpaired) electrons. The number of hydrogen-bond donors (Lipinski definition) is 1. The molecule has 4 heteroatoms. The van der Waals surface area contributed by atoms with Gasteiger partial charge in [-0.05, 0) is 23.0 Å². The Bertz CT molecular complexity index is 587. The zero-order valence-corrected chi connectivity index (χ0v) is 11.5. The zero-order chi connectivity index (χ0) is 14.4. The fraction of sp³-hybridized carbons (Fsp3) is 0.467. The van der Waals surface area contributed by atoms with Crippen LogP contribution in [-0.2, 0) is 6.18 Å². The van der Waals surface area contributed by atoms with Gasteiger partial charge in [-0.15, -0.1) is 0 Å². The number of hydrogen-bond acceptors (Lipinski definition) is 0. The summed E-state index contributed by atoms with van der Waals surface area (Å²) in [5.41, 5.74) is 0.524. The van der Waals surface area contributed by atoms with E-state index in [9.17, 15) is 13.2 Å². The van der Waals surface area contributed by atoms with E-state index in [0.29, 0.717) is 5.39 Å². The summed E-state index contributed by atoms with van der Waals surface area (Å²) < 4.78 is 38.8. The van der Waals surface area contributed by atoms with Crippen LogP contribution in [0.4, 0.5) is 13.2 Å². The summed E-state index contributed by atoms with van der Waals surface area (Å²) in [6, 6.07) is 4.33. The van der Waals surface area contributed by atoms with Gasteiger partial charge in [0.25, 0.3) is 0 Å². The van der Waals surface area contributed by atoms with Crippen molar-refractivity contribution < 1.29 is 13.2 Å². The second kappa shape index (κ2) is 4.29. The molecule has 0 amide bonds. The van der Waals surface area contributed by atoms with E-state index >= 15 is 0 Å². The molecule has 0 aliphatic heterocycles. The van der Waals surface area contributed by atoms with Gasteiger partial charge in [0, 0.05) is 11.6 Å². The molecule has 1 aromatic heterocycles. The molecule has 19 heavy (non-hydrogen) atoms. The van der Waals surface area contributed by atoms with Gasteiger partial charge in [0.2, 0.25) is 0 Å². The Kier molecular flexibility index (Phi) is 3.15. The second-order valence-corrected chi connectivity index (χ2v) is 6.06. The van der Waals surface area contributed by atoms with Gasteiger partial charge in [0.1, 0.15) is 0 Å². The average Bonchev–Trinajstić information content (AvgIpc) is 2.68. The minimum atomic E-state index is -4.33. The van der Waals surface area contributed by atoms with Crippen LogP contribution in [0.15, 0.2) is 24.4 Å². The standard InChI is InChI=1S/C15H18F3N/c1-9(14(2,3)4)11-8-19-13-10(11)6-5-7-12(13)15(16,17)18/h5-9,19H,1-4H3. The highest BCUT2D eigenvalue weighted by Gasteiger charge is 2.34. The number of nitrogens with one attached hydrogen (secondary N) is 1. The number of aromatic nitrogens is 1. The summed E-state index contributed by atoms with van der Waals surface area (Å²) in [4.78, 5) is 2.80. The highest BCUT2D eigenvalue weighted by atomic mass is 19.4. The first-order chi connectivity index (χ1) is 8.62. The third-order valence-corrected chi connectivity index (χ3v) is 3.82. The van der Waals surface area contributed by atoms with Crippen LogP contribution in [0, 0.1) is 5.41 Å². The maximum Gasteiger partial charge on any atom is 0.418 e. The summed E-state index contributed by atoms with van der Waals surface area (Å²) in [7, 11) is 0. The molecule has 0 saturated heterocycles. The lowest BCUT2D eigenvalue weighted by molar-refractivity contribution is -0.136. The zero-order valence-electron chi connectivity index (χ0n) is 11.5. The first-order valence-electron chi connectivity index (χ1n) is 6.29. The lowest BCUT2D eigenvalue weighted by Gasteiger charge is -2.27. The topological polar surface area (TPSA) is 15.8 Å². The number of benzene rings is 1. The molecular formula is C15H18F3N. The maximum absolute atomic E-state index is 12.9. The van der Waals surface area contributed by atoms with E-state index in [0.717, 1.165) is 11.6 Å². The van der Waals surface area contributed by atoms with Crippen LogP contribution in [0.3, 0.4) is 0 Å². The summed E-state index contributed by atoms with van der Waals surface area (Å²) in [6.07, 6.45) is -2.62. The van der Waals surface area contributed by atoms with Crippen molar-refractivity contribution in [2.45, 2.75) is 39.8 Å². The lowest BCUT2D eigenvalue weighted by atomic mass is 9.78. The number of para-hydroxylation sites is 1. The molecule has 0 aliphatic carbocycles. The maximum atomic E-state index is 12.9. The van der Waals surface area contributed by atoms with Crippen molar-refractivity contribution in [1.82, 2.24) is 4.98 Å². The molecule has 1 nitrogen and oxygen atoms in total. The third kappa shape index (κ3) is 2.48. The predicted molar refractivity (Wildman–Crippen MR) is 71.2 cm³/mol. The average molecular weight is 269 g/mol. The van der Waals surface area contributed by atoms with Crippen LogP contribution in [0.2, 0.25) is 0 Å². The first kappa shape index (κ1) is 14.0. The van der Waals surface area contributed by atoms with Gasteiger partial charge in [-0.25, -0.2) is 0 Å². The molecule has 1 heterocycles. The largest absolute Gasteiger partial charge is 0.418 e. The summed E-state index contributed by atoms with van der Waals surface area (Å²) >= 11 is 0. The molecule has 0 spiro atoms. The molecule has 2 aromatic rings. The molecular weight excluding hydrogens is 251 g/mol. The van der Waals surface area contributed by atoms with Crippen molar-refractivity contribution in [2.75, 3.05) is 0 Å². The number of halogens is 3. The van der Waals surface area contributed by atoms with Crippen LogP contribution in [0.25, 0.3) is 10.9 Å². The van der Waals surface area contributed by atoms with Crippen molar-refractivity contribution >= 4 is 10.9 Å². The van der Waals surface area contributed by atoms with E-state index < -0.39 is 11.7 Å². The van der Waals surface area contributed by atoms with Crippen LogP contribution in [-0.4, -0.2) is 4.98 Å². The molecule has 1 unspecified atom stereocenters. The number of alkyl halides is 3. The Morgan fingerprint density at radius 1 is 1.11 bits per heavy atom. The lowest BCUT2D eigenvalue weighted by Crippen LogP contribution is -2.14. The van der Waals surface area contributed by atoms with Crippen LogP contribution in [0.1, 0.15) is 44.7 Å². The quantitative estimate of drug-likeness (QED) is 0.719. The Balaban J connectivity index is 2.63. The van der Waals surface area contributed by atoms with Crippen molar-refractivity contribution in [1.29, 1.82) is 0 Å². The van der Waals surface area contributed by atoms with Crippen molar-refractivity contribution in [3.63, 3.8) is 0 Å². The molecule has 1 N–H and O–H groups in total. The molecule has 0 aliphatic rings. The SMILES string of the molecule is CC(c1c[nH]c2c(C(F)(F)F)cccc12)C(C)(C)C. The van der Waals surface area contributed by atoms with Crippen molar-refractivity contribution in [3.05, 3.63) is 35.5 Å². The third-order valence-electron chi connectivity index (χ3n) is 3.82. The number of H-pyrrole nitrogens is 1. The Morgan fingerprint density at radius 2 is 1.74 bits per heavy atom. The fourth-order valence-electron chi connectivity index (χ4n) is 2.24. The highest BCUT2D eigenvalue weighted by Crippen LogP contribution is 2.41. The number of rotatable bonds is 1. The normalized spacial score (nSPS) is 14.9. The molecule has 0 bridgehead atoms. The van der Waals surface area contributed by atoms with E-state index in [4.69, 9.17) is 0 Å². The minimum Gasteiger partial charge on any atom is -0.360 e. The number of fused-ring (bicyclic) bond motifs is 1. The molecule has 104 valence electrons. The predicted octanol–water partition coefficient (Wildman–Crippen LogP) is 5.34. The van der Waals surface area contributed by atoms with Gasteiger partial charge in [-0.1, -0.05) is 39.8 Å². The van der Waals surface area contributed by atoms with E-state index in [1.165, 1.54) is 6.07 Å². The number of aromatic amines is 1. The molecule has 1 atom stereocenters. The Morgan fingerprint density at radius 3 is 2.26 bits per heavy atom. The monoisotopic (exact) mass is 269 g/mol. The smallest absolute Gasteiger partial charge is 0.360 e. The van der Waals surface area contributed by atoms with Gasteiger partial charge in [0.15, 0.2) is 0 Å². The van der Waals surface area contributed by atoms with Gasteiger partial charge in [0.05, 0.1) is 11.1 Å². The Labute approximate surface area is 110 Å². The molecule has 2 rings (SSSR count). The minimum absolute atomic E-state index is 0.00333. The molecule has 0 saturated carbocycles. The highest BCUT2D eigenvalue weighted by molar-refractivity contribution is 5.87. The summed E-state index contributed by atoms with van der Waals surface area (Å²) in [5.74, 6) is 0.171. The van der Waals surface area contributed by atoms with Crippen LogP contribution in [0.5, 0.6) is 0 Å². The van der Waals surface area contributed by atoms with Crippen LogP contribution < -0.4 is 0 Å². The van der Waals surface area contributed by atoms with E-state index in [1.54, 1.807) is 12.3 Å². The van der Waals surface area contributed by atoms with E-state index in [1.807, 2.05) is 6.92 Å². The first-order valence-corrected chi connectivity index (χ1v) is 6.29. The Hall–Kier alpha value is -1.45. The van der Waals surface area contributed by atoms with Gasteiger partial charge >= 0.3 is 6.18 Å². The summed E-state index contributed by atoms with van der Waals surface area (Å²) in [5, 5.41) is 0.664. The second-order valence-electron chi connectivity index (χ2n) is 6.06. The van der Waals surface area contributed by atoms with Gasteiger partial charge < -0.3 is 4.98 Å². The van der Waals surface area contributed by atoms with E-state index in [2.05, 4.69) is 25.8 Å².